The molecule has 0 radical (unpaired) electrons. The molecular formula is C10H15N3O. The SMILES string of the molecule is CONc1cnc2c(c1)CN(C)CC2. The summed E-state index contributed by atoms with van der Waals surface area (Å²) in [5, 5.41) is 0. The van der Waals surface area contributed by atoms with Crippen LogP contribution in [0.25, 0.3) is 0 Å². The Morgan fingerprint density at radius 1 is 1.57 bits per heavy atom. The second-order valence-electron chi connectivity index (χ2n) is 3.62. The molecule has 1 aromatic rings. The van der Waals surface area contributed by atoms with Gasteiger partial charge in [-0.25, -0.2) is 0 Å². The Balaban J connectivity index is 2.24. The molecule has 2 heterocycles. The molecule has 76 valence electrons. The van der Waals surface area contributed by atoms with Crippen LogP contribution >= 0.6 is 0 Å². The molecular weight excluding hydrogens is 178 g/mol. The lowest BCUT2D eigenvalue weighted by Crippen LogP contribution is -2.27. The molecule has 1 N–H and O–H groups in total. The van der Waals surface area contributed by atoms with E-state index in [0.29, 0.717) is 0 Å². The Kier molecular flexibility index (Phi) is 2.65. The van der Waals surface area contributed by atoms with Gasteiger partial charge in [-0.15, -0.1) is 0 Å². The molecule has 0 aromatic carbocycles. The number of likely N-dealkylation sites (N-methyl/N-ethyl adjacent to an activating group) is 1. The fraction of sp³-hybridized carbons (Fsp3) is 0.500. The van der Waals surface area contributed by atoms with E-state index in [0.717, 1.165) is 25.2 Å². The Bertz CT molecular complexity index is 327. The van der Waals surface area contributed by atoms with Gasteiger partial charge in [-0.1, -0.05) is 0 Å². The molecule has 0 bridgehead atoms. The molecule has 14 heavy (non-hydrogen) atoms. The maximum atomic E-state index is 4.84. The topological polar surface area (TPSA) is 37.4 Å². The minimum absolute atomic E-state index is 0.918. The van der Waals surface area contributed by atoms with Crippen LogP contribution in [0, 0.1) is 0 Å². The van der Waals surface area contributed by atoms with Crippen LogP contribution < -0.4 is 5.48 Å². The lowest BCUT2D eigenvalue weighted by Gasteiger charge is -2.24. The van der Waals surface area contributed by atoms with Crippen molar-refractivity contribution in [2.75, 3.05) is 26.2 Å². The Morgan fingerprint density at radius 2 is 2.43 bits per heavy atom. The average molecular weight is 193 g/mol. The van der Waals surface area contributed by atoms with Crippen LogP contribution in [0.3, 0.4) is 0 Å². The van der Waals surface area contributed by atoms with Gasteiger partial charge in [-0.05, 0) is 18.7 Å². The summed E-state index contributed by atoms with van der Waals surface area (Å²) in [5.41, 5.74) is 6.21. The van der Waals surface area contributed by atoms with Crippen molar-refractivity contribution in [1.29, 1.82) is 0 Å². The number of nitrogens with one attached hydrogen (secondary N) is 1. The second-order valence-corrected chi connectivity index (χ2v) is 3.62. The molecule has 0 aliphatic carbocycles. The third kappa shape index (κ3) is 1.86. The number of hydrogen-bond donors (Lipinski definition) is 1. The third-order valence-corrected chi connectivity index (χ3v) is 2.45. The number of aromatic nitrogens is 1. The van der Waals surface area contributed by atoms with Gasteiger partial charge in [-0.3, -0.25) is 15.3 Å². The summed E-state index contributed by atoms with van der Waals surface area (Å²) in [4.78, 5) is 11.5. The van der Waals surface area contributed by atoms with Crippen LogP contribution in [-0.4, -0.2) is 30.6 Å². The number of nitrogens with zero attached hydrogens (tertiary/aromatic N) is 2. The predicted octanol–water partition coefficient (Wildman–Crippen LogP) is 1.04. The van der Waals surface area contributed by atoms with E-state index in [1.165, 1.54) is 11.3 Å². The first kappa shape index (κ1) is 9.43. The summed E-state index contributed by atoms with van der Waals surface area (Å²) in [6.45, 7) is 2.07. The van der Waals surface area contributed by atoms with Crippen molar-refractivity contribution in [2.45, 2.75) is 13.0 Å². The van der Waals surface area contributed by atoms with E-state index in [4.69, 9.17) is 4.84 Å². The molecule has 0 saturated carbocycles. The molecule has 0 amide bonds. The van der Waals surface area contributed by atoms with Crippen LogP contribution in [-0.2, 0) is 17.8 Å². The number of hydrogen-bond acceptors (Lipinski definition) is 4. The average Bonchev–Trinajstić information content (AvgIpc) is 2.17. The van der Waals surface area contributed by atoms with E-state index < -0.39 is 0 Å². The summed E-state index contributed by atoms with van der Waals surface area (Å²) >= 11 is 0. The number of anilines is 1. The highest BCUT2D eigenvalue weighted by Gasteiger charge is 2.14. The first-order chi connectivity index (χ1) is 6.79. The summed E-state index contributed by atoms with van der Waals surface area (Å²) in [6, 6.07) is 2.10. The molecule has 1 aliphatic rings. The number of pyridine rings is 1. The summed E-state index contributed by atoms with van der Waals surface area (Å²) < 4.78 is 0. The zero-order valence-electron chi connectivity index (χ0n) is 8.58. The summed E-state index contributed by atoms with van der Waals surface area (Å²) in [5.74, 6) is 0. The molecule has 0 unspecified atom stereocenters. The zero-order valence-corrected chi connectivity index (χ0v) is 8.58. The maximum Gasteiger partial charge on any atom is 0.0791 e. The van der Waals surface area contributed by atoms with Crippen LogP contribution in [0.15, 0.2) is 12.3 Å². The van der Waals surface area contributed by atoms with E-state index in [-0.39, 0.29) is 0 Å². The molecule has 0 atom stereocenters. The molecule has 0 saturated heterocycles. The minimum Gasteiger partial charge on any atom is -0.302 e. The van der Waals surface area contributed by atoms with Gasteiger partial charge >= 0.3 is 0 Å². The van der Waals surface area contributed by atoms with Crippen molar-refractivity contribution in [1.82, 2.24) is 9.88 Å². The monoisotopic (exact) mass is 193 g/mol. The van der Waals surface area contributed by atoms with Crippen molar-refractivity contribution in [3.05, 3.63) is 23.5 Å². The summed E-state index contributed by atoms with van der Waals surface area (Å²) in [6.07, 6.45) is 2.85. The van der Waals surface area contributed by atoms with Gasteiger partial charge in [0.25, 0.3) is 0 Å². The lowest BCUT2D eigenvalue weighted by atomic mass is 10.1. The van der Waals surface area contributed by atoms with E-state index in [9.17, 15) is 0 Å². The first-order valence-electron chi connectivity index (χ1n) is 4.75. The van der Waals surface area contributed by atoms with Gasteiger partial charge in [0.05, 0.1) is 19.0 Å². The highest BCUT2D eigenvalue weighted by molar-refractivity contribution is 5.43. The van der Waals surface area contributed by atoms with Crippen molar-refractivity contribution >= 4 is 5.69 Å². The molecule has 1 aliphatic heterocycles. The van der Waals surface area contributed by atoms with Crippen LogP contribution in [0.2, 0.25) is 0 Å². The number of fused-ring (bicyclic) bond motifs is 1. The fourth-order valence-electron chi connectivity index (χ4n) is 1.74. The smallest absolute Gasteiger partial charge is 0.0791 e. The van der Waals surface area contributed by atoms with Gasteiger partial charge in [0.2, 0.25) is 0 Å². The molecule has 2 rings (SSSR count). The number of rotatable bonds is 2. The van der Waals surface area contributed by atoms with E-state index in [2.05, 4.69) is 28.5 Å². The van der Waals surface area contributed by atoms with Crippen molar-refractivity contribution < 1.29 is 4.84 Å². The van der Waals surface area contributed by atoms with E-state index in [1.54, 1.807) is 7.11 Å². The molecule has 1 aromatic heterocycles. The normalized spacial score (nSPS) is 16.4. The van der Waals surface area contributed by atoms with Crippen molar-refractivity contribution in [2.24, 2.45) is 0 Å². The van der Waals surface area contributed by atoms with Crippen molar-refractivity contribution in [3.63, 3.8) is 0 Å². The van der Waals surface area contributed by atoms with Gasteiger partial charge in [-0.2, -0.15) is 0 Å². The first-order valence-corrected chi connectivity index (χ1v) is 4.75. The van der Waals surface area contributed by atoms with Crippen LogP contribution in [0.4, 0.5) is 5.69 Å². The Morgan fingerprint density at radius 3 is 3.21 bits per heavy atom. The van der Waals surface area contributed by atoms with Crippen molar-refractivity contribution in [3.8, 4) is 0 Å². The lowest BCUT2D eigenvalue weighted by molar-refractivity contribution is 0.270. The third-order valence-electron chi connectivity index (χ3n) is 2.45. The van der Waals surface area contributed by atoms with Crippen LogP contribution in [0.1, 0.15) is 11.3 Å². The molecule has 4 heteroatoms. The standard InChI is InChI=1S/C10H15N3O/c1-13-4-3-10-8(7-13)5-9(6-11-10)12-14-2/h5-6,12H,3-4,7H2,1-2H3. The fourth-order valence-corrected chi connectivity index (χ4v) is 1.74. The van der Waals surface area contributed by atoms with Gasteiger partial charge in [0, 0.05) is 25.2 Å². The maximum absolute atomic E-state index is 4.84. The molecule has 0 spiro atoms. The van der Waals surface area contributed by atoms with Gasteiger partial charge in [0.1, 0.15) is 0 Å². The highest BCUT2D eigenvalue weighted by Crippen LogP contribution is 2.19. The van der Waals surface area contributed by atoms with Gasteiger partial charge in [0.15, 0.2) is 0 Å². The van der Waals surface area contributed by atoms with E-state index in [1.807, 2.05) is 6.20 Å². The van der Waals surface area contributed by atoms with Crippen LogP contribution in [0.5, 0.6) is 0 Å². The quantitative estimate of drug-likeness (QED) is 0.712. The largest absolute Gasteiger partial charge is 0.302 e. The molecule has 0 fully saturated rings. The summed E-state index contributed by atoms with van der Waals surface area (Å²) in [7, 11) is 3.73. The van der Waals surface area contributed by atoms with Gasteiger partial charge < -0.3 is 4.90 Å². The molecule has 4 nitrogen and oxygen atoms in total. The predicted molar refractivity (Wildman–Crippen MR) is 54.9 cm³/mol. The minimum atomic E-state index is 0.918. The highest BCUT2D eigenvalue weighted by atomic mass is 16.6. The second kappa shape index (κ2) is 3.94. The Labute approximate surface area is 83.8 Å². The van der Waals surface area contributed by atoms with E-state index >= 15 is 0 Å². The Hall–Kier alpha value is -1.13. The zero-order chi connectivity index (χ0) is 9.97.